The Morgan fingerprint density at radius 2 is 1.82 bits per heavy atom. The van der Waals surface area contributed by atoms with E-state index >= 15 is 0 Å². The third-order valence-electron chi connectivity index (χ3n) is 3.21. The van der Waals surface area contributed by atoms with Crippen molar-refractivity contribution in [3.63, 3.8) is 0 Å². The van der Waals surface area contributed by atoms with Gasteiger partial charge in [0.25, 0.3) is 0 Å². The average Bonchev–Trinajstić information content (AvgIpc) is 2.55. The van der Waals surface area contributed by atoms with Crippen LogP contribution in [0, 0.1) is 0 Å². The lowest BCUT2D eigenvalue weighted by Crippen LogP contribution is -2.15. The van der Waals surface area contributed by atoms with Crippen molar-refractivity contribution in [1.82, 2.24) is 0 Å². The van der Waals surface area contributed by atoms with Crippen molar-refractivity contribution in [1.29, 1.82) is 0 Å². The molecule has 2 aromatic carbocycles. The fourth-order valence-corrected chi connectivity index (χ4v) is 2.43. The van der Waals surface area contributed by atoms with Gasteiger partial charge in [0.05, 0.1) is 26.3 Å². The highest BCUT2D eigenvalue weighted by molar-refractivity contribution is 7.98. The molecule has 0 aliphatic heterocycles. The number of amides is 1. The molecule has 2 aromatic rings. The summed E-state index contributed by atoms with van der Waals surface area (Å²) in [5, 5.41) is 2.87. The van der Waals surface area contributed by atoms with Crippen LogP contribution in [-0.2, 0) is 11.2 Å². The van der Waals surface area contributed by atoms with Crippen molar-refractivity contribution in [2.45, 2.75) is 11.3 Å². The molecule has 22 heavy (non-hydrogen) atoms. The number of anilines is 1. The minimum absolute atomic E-state index is 0.0830. The summed E-state index contributed by atoms with van der Waals surface area (Å²) in [5.74, 6) is 1.17. The maximum Gasteiger partial charge on any atom is 0.228 e. The van der Waals surface area contributed by atoms with Gasteiger partial charge in [-0.1, -0.05) is 12.1 Å². The van der Waals surface area contributed by atoms with Gasteiger partial charge >= 0.3 is 0 Å². The number of methoxy groups -OCH3 is 2. The van der Waals surface area contributed by atoms with Crippen LogP contribution < -0.4 is 14.8 Å². The van der Waals surface area contributed by atoms with Crippen LogP contribution in [0.25, 0.3) is 0 Å². The standard InChI is InChI=1S/C17H19NO3S/c1-20-13-6-9-15(16(11-13)21-2)18-17(19)10-12-4-7-14(22-3)8-5-12/h4-9,11H,10H2,1-3H3,(H,18,19). The fraction of sp³-hybridized carbons (Fsp3) is 0.235. The van der Waals surface area contributed by atoms with Crippen molar-refractivity contribution >= 4 is 23.4 Å². The number of hydrogen-bond donors (Lipinski definition) is 1. The number of benzene rings is 2. The molecule has 0 spiro atoms. The van der Waals surface area contributed by atoms with E-state index in [1.54, 1.807) is 44.2 Å². The van der Waals surface area contributed by atoms with Crippen LogP contribution in [0.2, 0.25) is 0 Å². The maximum atomic E-state index is 12.2. The summed E-state index contributed by atoms with van der Waals surface area (Å²) < 4.78 is 10.4. The highest BCUT2D eigenvalue weighted by atomic mass is 32.2. The summed E-state index contributed by atoms with van der Waals surface area (Å²) in [5.41, 5.74) is 1.61. The quantitative estimate of drug-likeness (QED) is 0.827. The zero-order valence-corrected chi connectivity index (χ0v) is 13.7. The molecule has 0 bridgehead atoms. The lowest BCUT2D eigenvalue weighted by atomic mass is 10.1. The monoisotopic (exact) mass is 317 g/mol. The van der Waals surface area contributed by atoms with Crippen LogP contribution in [0.3, 0.4) is 0 Å². The lowest BCUT2D eigenvalue weighted by Gasteiger charge is -2.11. The maximum absolute atomic E-state index is 12.2. The third kappa shape index (κ3) is 4.18. The molecule has 1 N–H and O–H groups in total. The molecule has 2 rings (SSSR count). The number of rotatable bonds is 6. The molecular formula is C17H19NO3S. The molecule has 0 aromatic heterocycles. The summed E-state index contributed by atoms with van der Waals surface area (Å²) in [6.45, 7) is 0. The van der Waals surface area contributed by atoms with Gasteiger partial charge in [-0.05, 0) is 36.1 Å². The van der Waals surface area contributed by atoms with E-state index in [9.17, 15) is 4.79 Å². The lowest BCUT2D eigenvalue weighted by molar-refractivity contribution is -0.115. The Hall–Kier alpha value is -2.14. The van der Waals surface area contributed by atoms with Gasteiger partial charge in [-0.25, -0.2) is 0 Å². The van der Waals surface area contributed by atoms with Crippen molar-refractivity contribution in [2.75, 3.05) is 25.8 Å². The number of thioether (sulfide) groups is 1. The van der Waals surface area contributed by atoms with Gasteiger partial charge in [-0.2, -0.15) is 0 Å². The molecule has 0 saturated carbocycles. The van der Waals surface area contributed by atoms with E-state index < -0.39 is 0 Å². The van der Waals surface area contributed by atoms with Gasteiger partial charge < -0.3 is 14.8 Å². The van der Waals surface area contributed by atoms with E-state index in [0.29, 0.717) is 23.6 Å². The summed E-state index contributed by atoms with van der Waals surface area (Å²) >= 11 is 1.68. The second-order valence-corrected chi connectivity index (χ2v) is 5.52. The highest BCUT2D eigenvalue weighted by Crippen LogP contribution is 2.29. The van der Waals surface area contributed by atoms with Crippen LogP contribution in [0.15, 0.2) is 47.4 Å². The molecule has 1 amide bonds. The Labute approximate surface area is 134 Å². The molecule has 0 saturated heterocycles. The summed E-state index contributed by atoms with van der Waals surface area (Å²) in [6, 6.07) is 13.3. The van der Waals surface area contributed by atoms with Crippen LogP contribution in [0.4, 0.5) is 5.69 Å². The SMILES string of the molecule is COc1ccc(NC(=O)Cc2ccc(SC)cc2)c(OC)c1. The van der Waals surface area contributed by atoms with E-state index in [2.05, 4.69) is 5.32 Å². The molecule has 0 atom stereocenters. The molecule has 0 radical (unpaired) electrons. The smallest absolute Gasteiger partial charge is 0.228 e. The van der Waals surface area contributed by atoms with E-state index in [4.69, 9.17) is 9.47 Å². The predicted octanol–water partition coefficient (Wildman–Crippen LogP) is 3.61. The second-order valence-electron chi connectivity index (χ2n) is 4.64. The summed E-state index contributed by atoms with van der Waals surface area (Å²) in [7, 11) is 3.15. The van der Waals surface area contributed by atoms with Crippen molar-refractivity contribution in [2.24, 2.45) is 0 Å². The van der Waals surface area contributed by atoms with E-state index in [1.807, 2.05) is 30.5 Å². The topological polar surface area (TPSA) is 47.6 Å². The van der Waals surface area contributed by atoms with Gasteiger partial charge in [-0.3, -0.25) is 4.79 Å². The number of carbonyl (C=O) groups excluding carboxylic acids is 1. The predicted molar refractivity (Wildman–Crippen MR) is 90.1 cm³/mol. The van der Waals surface area contributed by atoms with Gasteiger partial charge in [-0.15, -0.1) is 11.8 Å². The fourth-order valence-electron chi connectivity index (χ4n) is 2.02. The molecule has 116 valence electrons. The zero-order valence-electron chi connectivity index (χ0n) is 12.9. The first-order valence-corrected chi connectivity index (χ1v) is 8.03. The first kappa shape index (κ1) is 16.2. The molecular weight excluding hydrogens is 298 g/mol. The van der Waals surface area contributed by atoms with Crippen molar-refractivity contribution in [3.05, 3.63) is 48.0 Å². The normalized spacial score (nSPS) is 10.1. The molecule has 5 heteroatoms. The Morgan fingerprint density at radius 1 is 1.09 bits per heavy atom. The zero-order chi connectivity index (χ0) is 15.9. The highest BCUT2D eigenvalue weighted by Gasteiger charge is 2.09. The number of ether oxygens (including phenoxy) is 2. The van der Waals surface area contributed by atoms with E-state index in [1.165, 1.54) is 4.90 Å². The van der Waals surface area contributed by atoms with Gasteiger partial charge in [0.1, 0.15) is 11.5 Å². The molecule has 0 heterocycles. The second kappa shape index (κ2) is 7.75. The van der Waals surface area contributed by atoms with Crippen molar-refractivity contribution in [3.8, 4) is 11.5 Å². The Kier molecular flexibility index (Phi) is 5.72. The van der Waals surface area contributed by atoms with Crippen molar-refractivity contribution < 1.29 is 14.3 Å². The minimum atomic E-state index is -0.0830. The van der Waals surface area contributed by atoms with Gasteiger partial charge in [0.15, 0.2) is 0 Å². The molecule has 0 aliphatic rings. The van der Waals surface area contributed by atoms with E-state index in [0.717, 1.165) is 5.56 Å². The van der Waals surface area contributed by atoms with Gasteiger partial charge in [0.2, 0.25) is 5.91 Å². The van der Waals surface area contributed by atoms with Crippen LogP contribution in [0.5, 0.6) is 11.5 Å². The third-order valence-corrected chi connectivity index (χ3v) is 3.95. The molecule has 0 aliphatic carbocycles. The first-order chi connectivity index (χ1) is 10.7. The number of hydrogen-bond acceptors (Lipinski definition) is 4. The Balaban J connectivity index is 2.04. The van der Waals surface area contributed by atoms with E-state index in [-0.39, 0.29) is 5.91 Å². The molecule has 0 unspecified atom stereocenters. The number of carbonyl (C=O) groups is 1. The molecule has 4 nitrogen and oxygen atoms in total. The number of nitrogens with one attached hydrogen (secondary N) is 1. The largest absolute Gasteiger partial charge is 0.497 e. The Morgan fingerprint density at radius 3 is 2.41 bits per heavy atom. The minimum Gasteiger partial charge on any atom is -0.497 e. The van der Waals surface area contributed by atoms with Crippen LogP contribution >= 0.6 is 11.8 Å². The van der Waals surface area contributed by atoms with Gasteiger partial charge in [0, 0.05) is 11.0 Å². The Bertz CT molecular complexity index is 641. The average molecular weight is 317 g/mol. The summed E-state index contributed by atoms with van der Waals surface area (Å²) in [6.07, 6.45) is 2.35. The van der Waals surface area contributed by atoms with Crippen LogP contribution in [0.1, 0.15) is 5.56 Å². The first-order valence-electron chi connectivity index (χ1n) is 6.81. The molecule has 0 fully saturated rings. The summed E-state index contributed by atoms with van der Waals surface area (Å²) in [4.78, 5) is 13.3. The van der Waals surface area contributed by atoms with Crippen LogP contribution in [-0.4, -0.2) is 26.4 Å².